The van der Waals surface area contributed by atoms with E-state index in [0.29, 0.717) is 11.6 Å². The molecule has 3 heterocycles. The van der Waals surface area contributed by atoms with Crippen molar-refractivity contribution in [1.82, 2.24) is 30.1 Å². The molecule has 4 rings (SSSR count). The number of aromatic amines is 1. The van der Waals surface area contributed by atoms with E-state index in [2.05, 4.69) is 30.1 Å². The van der Waals surface area contributed by atoms with Gasteiger partial charge in [-0.15, -0.1) is 21.5 Å². The Balaban J connectivity index is 1.48. The maximum Gasteiger partial charge on any atom is 0.181 e. The molecular formula is C11H10N6S2. The summed E-state index contributed by atoms with van der Waals surface area (Å²) in [5.41, 5.74) is 1.56. The Morgan fingerprint density at radius 1 is 1.37 bits per heavy atom. The van der Waals surface area contributed by atoms with Crippen molar-refractivity contribution in [1.29, 1.82) is 0 Å². The van der Waals surface area contributed by atoms with Crippen LogP contribution >= 0.6 is 23.1 Å². The molecule has 0 spiro atoms. The Hall–Kier alpha value is -1.54. The molecule has 0 atom stereocenters. The molecular weight excluding hydrogens is 280 g/mol. The number of nitrogens with zero attached hydrogens (tertiary/aromatic N) is 5. The lowest BCUT2D eigenvalue weighted by atomic mass is 10.5. The first-order valence-corrected chi connectivity index (χ1v) is 7.79. The van der Waals surface area contributed by atoms with Gasteiger partial charge in [0.05, 0.1) is 11.9 Å². The lowest BCUT2D eigenvalue weighted by molar-refractivity contribution is 0.954. The van der Waals surface area contributed by atoms with E-state index < -0.39 is 0 Å². The molecule has 6 nitrogen and oxygen atoms in total. The van der Waals surface area contributed by atoms with Crippen LogP contribution in [0, 0.1) is 0 Å². The third-order valence-corrected chi connectivity index (χ3v) is 5.03. The molecule has 1 fully saturated rings. The van der Waals surface area contributed by atoms with E-state index in [4.69, 9.17) is 0 Å². The van der Waals surface area contributed by atoms with E-state index in [-0.39, 0.29) is 0 Å². The number of nitrogens with one attached hydrogen (secondary N) is 1. The minimum atomic E-state index is 0.678. The lowest BCUT2D eigenvalue weighted by Gasteiger charge is -1.91. The fourth-order valence-electron chi connectivity index (χ4n) is 1.76. The fourth-order valence-corrected chi connectivity index (χ4v) is 3.63. The molecule has 19 heavy (non-hydrogen) atoms. The van der Waals surface area contributed by atoms with Crippen LogP contribution in [0.5, 0.6) is 0 Å². The largest absolute Gasteiger partial charge is 0.330 e. The first kappa shape index (κ1) is 11.3. The van der Waals surface area contributed by atoms with Crippen LogP contribution in [0.2, 0.25) is 0 Å². The van der Waals surface area contributed by atoms with Crippen LogP contribution in [0.25, 0.3) is 11.2 Å². The number of aromatic nitrogens is 6. The second-order valence-electron chi connectivity index (χ2n) is 4.40. The van der Waals surface area contributed by atoms with Gasteiger partial charge < -0.3 is 4.98 Å². The van der Waals surface area contributed by atoms with Crippen molar-refractivity contribution in [2.24, 2.45) is 0 Å². The monoisotopic (exact) mass is 290 g/mol. The first-order valence-electron chi connectivity index (χ1n) is 5.99. The van der Waals surface area contributed by atoms with Crippen LogP contribution < -0.4 is 0 Å². The SMILES string of the molecule is c1ncc2[nH]c(SCc3nnc(C4CC4)s3)nc2n1. The van der Waals surface area contributed by atoms with Gasteiger partial charge in [0.15, 0.2) is 10.8 Å². The molecule has 0 aromatic carbocycles. The summed E-state index contributed by atoms with van der Waals surface area (Å²) in [5, 5.41) is 11.5. The van der Waals surface area contributed by atoms with Gasteiger partial charge in [0.25, 0.3) is 0 Å². The van der Waals surface area contributed by atoms with Gasteiger partial charge in [0, 0.05) is 5.92 Å². The Kier molecular flexibility index (Phi) is 2.70. The normalized spacial score (nSPS) is 15.2. The number of hydrogen-bond acceptors (Lipinski definition) is 7. The third kappa shape index (κ3) is 2.33. The zero-order valence-corrected chi connectivity index (χ0v) is 11.5. The van der Waals surface area contributed by atoms with Crippen LogP contribution in [0.4, 0.5) is 0 Å². The molecule has 0 bridgehead atoms. The topological polar surface area (TPSA) is 80.2 Å². The van der Waals surface area contributed by atoms with Crippen molar-refractivity contribution in [3.05, 3.63) is 22.5 Å². The van der Waals surface area contributed by atoms with Crippen LogP contribution in [0.3, 0.4) is 0 Å². The maximum atomic E-state index is 4.39. The predicted octanol–water partition coefficient (Wildman–Crippen LogP) is 2.37. The zero-order chi connectivity index (χ0) is 12.7. The maximum absolute atomic E-state index is 4.39. The number of H-pyrrole nitrogens is 1. The standard InChI is InChI=1S/C11H10N6S2/c1-2-6(1)10-17-16-8(19-10)4-18-11-14-7-3-12-5-13-9(7)15-11/h3,5-6H,1-2,4H2,(H,12,13,14,15). The molecule has 0 aliphatic heterocycles. The summed E-state index contributed by atoms with van der Waals surface area (Å²) in [6.45, 7) is 0. The molecule has 1 aliphatic carbocycles. The van der Waals surface area contributed by atoms with Crippen LogP contribution in [-0.4, -0.2) is 30.1 Å². The summed E-state index contributed by atoms with van der Waals surface area (Å²) in [7, 11) is 0. The second kappa shape index (κ2) is 4.53. The Morgan fingerprint density at radius 3 is 3.16 bits per heavy atom. The molecule has 3 aromatic heterocycles. The summed E-state index contributed by atoms with van der Waals surface area (Å²) in [6.07, 6.45) is 5.77. The van der Waals surface area contributed by atoms with Gasteiger partial charge >= 0.3 is 0 Å². The molecule has 0 saturated heterocycles. The highest BCUT2D eigenvalue weighted by Crippen LogP contribution is 2.41. The van der Waals surface area contributed by atoms with Crippen molar-refractivity contribution >= 4 is 34.3 Å². The Labute approximate surface area is 117 Å². The van der Waals surface area contributed by atoms with Gasteiger partial charge in [-0.2, -0.15) is 0 Å². The molecule has 8 heteroatoms. The summed E-state index contributed by atoms with van der Waals surface area (Å²) < 4.78 is 0. The lowest BCUT2D eigenvalue weighted by Crippen LogP contribution is -1.81. The van der Waals surface area contributed by atoms with E-state index >= 15 is 0 Å². The Bertz CT molecular complexity index is 684. The minimum Gasteiger partial charge on any atom is -0.330 e. The number of fused-ring (bicyclic) bond motifs is 1. The van der Waals surface area contributed by atoms with Crippen molar-refractivity contribution in [2.75, 3.05) is 0 Å². The molecule has 96 valence electrons. The van der Waals surface area contributed by atoms with Crippen LogP contribution in [0.15, 0.2) is 17.7 Å². The highest BCUT2D eigenvalue weighted by molar-refractivity contribution is 7.98. The number of imidazole rings is 1. The average molecular weight is 290 g/mol. The van der Waals surface area contributed by atoms with E-state index in [1.54, 1.807) is 29.3 Å². The van der Waals surface area contributed by atoms with Crippen molar-refractivity contribution in [3.8, 4) is 0 Å². The van der Waals surface area contributed by atoms with Gasteiger partial charge in [-0.1, -0.05) is 11.8 Å². The van der Waals surface area contributed by atoms with Crippen LogP contribution in [0.1, 0.15) is 28.8 Å². The molecule has 1 aliphatic rings. The molecule has 3 aromatic rings. The van der Waals surface area contributed by atoms with E-state index in [9.17, 15) is 0 Å². The summed E-state index contributed by atoms with van der Waals surface area (Å²) in [4.78, 5) is 15.6. The van der Waals surface area contributed by atoms with Gasteiger partial charge in [-0.05, 0) is 12.8 Å². The van der Waals surface area contributed by atoms with Gasteiger partial charge in [-0.3, -0.25) is 0 Å². The molecule has 0 radical (unpaired) electrons. The number of rotatable bonds is 4. The Morgan fingerprint density at radius 2 is 2.32 bits per heavy atom. The molecule has 1 saturated carbocycles. The summed E-state index contributed by atoms with van der Waals surface area (Å²) >= 11 is 3.34. The van der Waals surface area contributed by atoms with Crippen LogP contribution in [-0.2, 0) is 5.75 Å². The highest BCUT2D eigenvalue weighted by atomic mass is 32.2. The highest BCUT2D eigenvalue weighted by Gasteiger charge is 2.27. The van der Waals surface area contributed by atoms with Crippen molar-refractivity contribution < 1.29 is 0 Å². The molecule has 1 N–H and O–H groups in total. The summed E-state index contributed by atoms with van der Waals surface area (Å²) in [5.74, 6) is 1.47. The number of hydrogen-bond donors (Lipinski definition) is 1. The predicted molar refractivity (Wildman–Crippen MR) is 73.1 cm³/mol. The van der Waals surface area contributed by atoms with E-state index in [1.165, 1.54) is 24.2 Å². The molecule has 0 amide bonds. The number of thioether (sulfide) groups is 1. The average Bonchev–Trinajstić information content (AvgIpc) is 3.03. The smallest absolute Gasteiger partial charge is 0.181 e. The first-order chi connectivity index (χ1) is 9.38. The third-order valence-electron chi connectivity index (χ3n) is 2.88. The van der Waals surface area contributed by atoms with E-state index in [1.807, 2.05) is 0 Å². The second-order valence-corrected chi connectivity index (χ2v) is 6.46. The van der Waals surface area contributed by atoms with Crippen molar-refractivity contribution in [2.45, 2.75) is 29.7 Å². The molecule has 0 unspecified atom stereocenters. The van der Waals surface area contributed by atoms with Gasteiger partial charge in [0.1, 0.15) is 21.9 Å². The van der Waals surface area contributed by atoms with Crippen molar-refractivity contribution in [3.63, 3.8) is 0 Å². The minimum absolute atomic E-state index is 0.678. The quantitative estimate of drug-likeness (QED) is 0.743. The van der Waals surface area contributed by atoms with E-state index in [0.717, 1.165) is 21.4 Å². The van der Waals surface area contributed by atoms with Gasteiger partial charge in [-0.25, -0.2) is 15.0 Å². The zero-order valence-electron chi connectivity index (χ0n) is 9.91. The van der Waals surface area contributed by atoms with Gasteiger partial charge in [0.2, 0.25) is 0 Å². The fraction of sp³-hybridized carbons (Fsp3) is 0.364. The summed E-state index contributed by atoms with van der Waals surface area (Å²) in [6, 6.07) is 0.